The first-order valence-corrected chi connectivity index (χ1v) is 6.49. The van der Waals surface area contributed by atoms with Crippen LogP contribution in [0, 0.1) is 5.92 Å². The third-order valence-electron chi connectivity index (χ3n) is 2.06. The van der Waals surface area contributed by atoms with Crippen molar-refractivity contribution in [3.05, 3.63) is 0 Å². The van der Waals surface area contributed by atoms with E-state index in [1.165, 1.54) is 0 Å². The summed E-state index contributed by atoms with van der Waals surface area (Å²) in [5.74, 6) is -1.78. The second kappa shape index (κ2) is 5.46. The SMILES string of the molecule is CC(C)C(C(=O)O)S(=O)(=O)CCN(C)C. The lowest BCUT2D eigenvalue weighted by molar-refractivity contribution is -0.137. The topological polar surface area (TPSA) is 74.7 Å². The number of rotatable bonds is 6. The first-order valence-electron chi connectivity index (χ1n) is 4.77. The van der Waals surface area contributed by atoms with E-state index in [0.29, 0.717) is 6.54 Å². The van der Waals surface area contributed by atoms with Crippen molar-refractivity contribution in [3.63, 3.8) is 0 Å². The smallest absolute Gasteiger partial charge is 0.322 e. The minimum absolute atomic E-state index is 0.116. The molecule has 0 amide bonds. The van der Waals surface area contributed by atoms with Crippen LogP contribution in [0.25, 0.3) is 0 Å². The van der Waals surface area contributed by atoms with Crippen LogP contribution in [-0.4, -0.2) is 56.0 Å². The molecule has 1 unspecified atom stereocenters. The molecule has 0 heterocycles. The van der Waals surface area contributed by atoms with Crippen LogP contribution in [0.3, 0.4) is 0 Å². The number of hydrogen-bond donors (Lipinski definition) is 1. The Kier molecular flexibility index (Phi) is 5.23. The third kappa shape index (κ3) is 4.61. The summed E-state index contributed by atoms with van der Waals surface area (Å²) in [6.07, 6.45) is 0. The minimum Gasteiger partial charge on any atom is -0.480 e. The van der Waals surface area contributed by atoms with Crippen molar-refractivity contribution in [2.24, 2.45) is 5.92 Å². The van der Waals surface area contributed by atoms with Crippen molar-refractivity contribution in [1.29, 1.82) is 0 Å². The van der Waals surface area contributed by atoms with Gasteiger partial charge in [-0.25, -0.2) is 8.42 Å². The quantitative estimate of drug-likeness (QED) is 0.707. The third-order valence-corrected chi connectivity index (χ3v) is 4.33. The summed E-state index contributed by atoms with van der Waals surface area (Å²) in [6, 6.07) is 0. The molecule has 6 heteroatoms. The van der Waals surface area contributed by atoms with Gasteiger partial charge in [-0.1, -0.05) is 13.8 Å². The molecule has 5 nitrogen and oxygen atoms in total. The first-order chi connectivity index (χ1) is 6.68. The predicted octanol–water partition coefficient (Wildman–Crippen LogP) is 0.0720. The van der Waals surface area contributed by atoms with Gasteiger partial charge >= 0.3 is 5.97 Å². The molecule has 0 bridgehead atoms. The molecule has 90 valence electrons. The highest BCUT2D eigenvalue weighted by molar-refractivity contribution is 7.92. The Labute approximate surface area is 91.0 Å². The highest BCUT2D eigenvalue weighted by Gasteiger charge is 2.34. The minimum atomic E-state index is -3.56. The van der Waals surface area contributed by atoms with Crippen molar-refractivity contribution < 1.29 is 18.3 Å². The van der Waals surface area contributed by atoms with Crippen molar-refractivity contribution in [1.82, 2.24) is 4.90 Å². The number of hydrogen-bond acceptors (Lipinski definition) is 4. The molecule has 1 N–H and O–H groups in total. The molecule has 0 spiro atoms. The normalized spacial score (nSPS) is 14.5. The lowest BCUT2D eigenvalue weighted by atomic mass is 10.1. The van der Waals surface area contributed by atoms with Gasteiger partial charge in [0.15, 0.2) is 15.1 Å². The summed E-state index contributed by atoms with van der Waals surface area (Å²) in [5.41, 5.74) is 0. The maximum Gasteiger partial charge on any atom is 0.322 e. The Morgan fingerprint density at radius 1 is 1.33 bits per heavy atom. The Morgan fingerprint density at radius 3 is 2.07 bits per heavy atom. The fourth-order valence-electron chi connectivity index (χ4n) is 1.29. The van der Waals surface area contributed by atoms with Gasteiger partial charge in [0.2, 0.25) is 0 Å². The van der Waals surface area contributed by atoms with Gasteiger partial charge in [-0.05, 0) is 20.0 Å². The summed E-state index contributed by atoms with van der Waals surface area (Å²) in [5, 5.41) is 7.56. The molecule has 0 rings (SSSR count). The number of carboxylic acids is 1. The van der Waals surface area contributed by atoms with Gasteiger partial charge in [0.25, 0.3) is 0 Å². The lowest BCUT2D eigenvalue weighted by Gasteiger charge is -2.18. The molecule has 0 aliphatic heterocycles. The van der Waals surface area contributed by atoms with Crippen molar-refractivity contribution in [2.75, 3.05) is 26.4 Å². The van der Waals surface area contributed by atoms with Gasteiger partial charge in [0.1, 0.15) is 0 Å². The van der Waals surface area contributed by atoms with E-state index in [1.54, 1.807) is 32.8 Å². The van der Waals surface area contributed by atoms with Gasteiger partial charge in [-0.2, -0.15) is 0 Å². The number of sulfone groups is 1. The predicted molar refractivity (Wildman–Crippen MR) is 58.6 cm³/mol. The van der Waals surface area contributed by atoms with E-state index in [1.807, 2.05) is 0 Å². The van der Waals surface area contributed by atoms with Crippen molar-refractivity contribution in [3.8, 4) is 0 Å². The zero-order chi connectivity index (χ0) is 12.2. The fourth-order valence-corrected chi connectivity index (χ4v) is 3.30. The van der Waals surface area contributed by atoms with E-state index in [0.717, 1.165) is 0 Å². The van der Waals surface area contributed by atoms with E-state index in [4.69, 9.17) is 5.11 Å². The van der Waals surface area contributed by atoms with Crippen LogP contribution in [0.1, 0.15) is 13.8 Å². The van der Waals surface area contributed by atoms with E-state index in [-0.39, 0.29) is 5.75 Å². The Hall–Kier alpha value is -0.620. The van der Waals surface area contributed by atoms with Crippen LogP contribution < -0.4 is 0 Å². The number of carbonyl (C=O) groups is 1. The van der Waals surface area contributed by atoms with Crippen LogP contribution in [-0.2, 0) is 14.6 Å². The summed E-state index contributed by atoms with van der Waals surface area (Å²) in [4.78, 5) is 12.6. The molecular weight excluding hydrogens is 218 g/mol. The zero-order valence-corrected chi connectivity index (χ0v) is 10.4. The van der Waals surface area contributed by atoms with Crippen LogP contribution in [0.15, 0.2) is 0 Å². The van der Waals surface area contributed by atoms with Gasteiger partial charge < -0.3 is 10.0 Å². The molecule has 0 aliphatic carbocycles. The number of nitrogens with zero attached hydrogens (tertiary/aromatic N) is 1. The highest BCUT2D eigenvalue weighted by atomic mass is 32.2. The largest absolute Gasteiger partial charge is 0.480 e. The summed E-state index contributed by atoms with van der Waals surface area (Å²) in [6.45, 7) is 3.55. The molecule has 0 aromatic heterocycles. The average molecular weight is 237 g/mol. The zero-order valence-electron chi connectivity index (χ0n) is 9.60. The molecule has 0 saturated heterocycles. The summed E-state index contributed by atoms with van der Waals surface area (Å²) in [7, 11) is -0.0558. The second-order valence-electron chi connectivity index (χ2n) is 4.17. The maximum atomic E-state index is 11.7. The Balaban J connectivity index is 4.74. The Morgan fingerprint density at radius 2 is 1.80 bits per heavy atom. The van der Waals surface area contributed by atoms with E-state index in [2.05, 4.69) is 0 Å². The van der Waals surface area contributed by atoms with Gasteiger partial charge in [-0.3, -0.25) is 4.79 Å². The van der Waals surface area contributed by atoms with Crippen molar-refractivity contribution in [2.45, 2.75) is 19.1 Å². The lowest BCUT2D eigenvalue weighted by Crippen LogP contribution is -2.38. The van der Waals surface area contributed by atoms with E-state index < -0.39 is 27.0 Å². The molecule has 0 aromatic rings. The molecule has 1 atom stereocenters. The van der Waals surface area contributed by atoms with Crippen LogP contribution in [0.4, 0.5) is 0 Å². The van der Waals surface area contributed by atoms with Gasteiger partial charge in [-0.15, -0.1) is 0 Å². The fraction of sp³-hybridized carbons (Fsp3) is 0.889. The Bertz CT molecular complexity index is 308. The molecule has 0 saturated carbocycles. The molecule has 15 heavy (non-hydrogen) atoms. The second-order valence-corrected chi connectivity index (χ2v) is 6.41. The maximum absolute atomic E-state index is 11.7. The van der Waals surface area contributed by atoms with E-state index in [9.17, 15) is 13.2 Å². The molecular formula is C9H19NO4S. The van der Waals surface area contributed by atoms with Gasteiger partial charge in [0.05, 0.1) is 5.75 Å². The highest BCUT2D eigenvalue weighted by Crippen LogP contribution is 2.13. The first kappa shape index (κ1) is 14.4. The van der Waals surface area contributed by atoms with E-state index >= 15 is 0 Å². The van der Waals surface area contributed by atoms with Crippen LogP contribution in [0.2, 0.25) is 0 Å². The summed E-state index contributed by atoms with van der Waals surface area (Å²) >= 11 is 0. The van der Waals surface area contributed by atoms with Crippen LogP contribution >= 0.6 is 0 Å². The number of aliphatic carboxylic acids is 1. The molecule has 0 aliphatic rings. The summed E-state index contributed by atoms with van der Waals surface area (Å²) < 4.78 is 23.4. The molecule has 0 radical (unpaired) electrons. The monoisotopic (exact) mass is 237 g/mol. The average Bonchev–Trinajstić information content (AvgIpc) is 1.98. The van der Waals surface area contributed by atoms with Gasteiger partial charge in [0, 0.05) is 6.54 Å². The van der Waals surface area contributed by atoms with Crippen molar-refractivity contribution >= 4 is 15.8 Å². The number of carboxylic acid groups (broad SMARTS) is 1. The molecule has 0 fully saturated rings. The molecule has 0 aromatic carbocycles. The van der Waals surface area contributed by atoms with Crippen LogP contribution in [0.5, 0.6) is 0 Å². The standard InChI is InChI=1S/C9H19NO4S/c1-7(2)8(9(11)12)15(13,14)6-5-10(3)4/h7-8H,5-6H2,1-4H3,(H,11,12).